The van der Waals surface area contributed by atoms with Crippen LogP contribution in [0.3, 0.4) is 0 Å². The molecule has 0 radical (unpaired) electrons. The summed E-state index contributed by atoms with van der Waals surface area (Å²) in [5.74, 6) is 0. The average Bonchev–Trinajstić information content (AvgIpc) is 2.30. The summed E-state index contributed by atoms with van der Waals surface area (Å²) in [7, 11) is 0. The van der Waals surface area contributed by atoms with E-state index in [0.717, 1.165) is 5.56 Å². The van der Waals surface area contributed by atoms with Gasteiger partial charge in [0.15, 0.2) is 0 Å². The van der Waals surface area contributed by atoms with Crippen LogP contribution in [-0.2, 0) is 0 Å². The molecule has 0 fully saturated rings. The number of hydrogen-bond acceptors (Lipinski definition) is 1. The SMILES string of the molecule is [NH3+][C@@H](c1ccccc1)c1cccnc1. The van der Waals surface area contributed by atoms with Crippen molar-refractivity contribution in [2.45, 2.75) is 6.04 Å². The maximum atomic E-state index is 4.14. The highest BCUT2D eigenvalue weighted by Crippen LogP contribution is 2.15. The predicted octanol–water partition coefficient (Wildman–Crippen LogP) is 1.41. The van der Waals surface area contributed by atoms with E-state index in [2.05, 4.69) is 28.9 Å². The fraction of sp³-hybridized carbons (Fsp3) is 0.0833. The van der Waals surface area contributed by atoms with Gasteiger partial charge in [0.05, 0.1) is 0 Å². The Kier molecular flexibility index (Phi) is 2.56. The highest BCUT2D eigenvalue weighted by atomic mass is 14.7. The second kappa shape index (κ2) is 4.03. The van der Waals surface area contributed by atoms with Crippen molar-refractivity contribution in [3.05, 3.63) is 66.0 Å². The quantitative estimate of drug-likeness (QED) is 0.755. The van der Waals surface area contributed by atoms with Gasteiger partial charge in [-0.05, 0) is 12.1 Å². The Morgan fingerprint density at radius 2 is 1.64 bits per heavy atom. The zero-order valence-electron chi connectivity index (χ0n) is 7.93. The third-order valence-corrected chi connectivity index (χ3v) is 2.29. The zero-order valence-corrected chi connectivity index (χ0v) is 7.93. The molecule has 0 amide bonds. The predicted molar refractivity (Wildman–Crippen MR) is 55.4 cm³/mol. The lowest BCUT2D eigenvalue weighted by Crippen LogP contribution is -2.54. The number of benzene rings is 1. The molecule has 2 nitrogen and oxygen atoms in total. The van der Waals surface area contributed by atoms with Gasteiger partial charge in [-0.25, -0.2) is 0 Å². The summed E-state index contributed by atoms with van der Waals surface area (Å²) in [5.41, 5.74) is 6.51. The first kappa shape index (κ1) is 8.91. The Bertz CT molecular complexity index is 344. The molecule has 1 heterocycles. The standard InChI is InChI=1S/C12H12N2/c13-12(10-5-2-1-3-6-10)11-7-4-8-14-9-11/h1-9,12H,13H2/p+1/t12-/m0/s1. The smallest absolute Gasteiger partial charge is 0.137 e. The van der Waals surface area contributed by atoms with E-state index in [-0.39, 0.29) is 6.04 Å². The molecule has 3 N–H and O–H groups in total. The van der Waals surface area contributed by atoms with E-state index >= 15 is 0 Å². The Morgan fingerprint density at radius 3 is 2.29 bits per heavy atom. The molecule has 0 aliphatic heterocycles. The van der Waals surface area contributed by atoms with Crippen LogP contribution in [0, 0.1) is 0 Å². The summed E-state index contributed by atoms with van der Waals surface area (Å²) in [6, 6.07) is 14.4. The van der Waals surface area contributed by atoms with Gasteiger partial charge in [-0.3, -0.25) is 4.98 Å². The van der Waals surface area contributed by atoms with E-state index in [1.807, 2.05) is 30.5 Å². The first-order valence-electron chi connectivity index (χ1n) is 4.66. The van der Waals surface area contributed by atoms with Crippen LogP contribution in [-0.4, -0.2) is 4.98 Å². The summed E-state index contributed by atoms with van der Waals surface area (Å²) in [6.07, 6.45) is 3.64. The number of rotatable bonds is 2. The van der Waals surface area contributed by atoms with Crippen molar-refractivity contribution in [1.82, 2.24) is 4.98 Å². The van der Waals surface area contributed by atoms with Crippen molar-refractivity contribution in [1.29, 1.82) is 0 Å². The highest BCUT2D eigenvalue weighted by Gasteiger charge is 2.10. The van der Waals surface area contributed by atoms with E-state index in [0.29, 0.717) is 0 Å². The van der Waals surface area contributed by atoms with Crippen molar-refractivity contribution < 1.29 is 5.73 Å². The third-order valence-electron chi connectivity index (χ3n) is 2.29. The molecular weight excluding hydrogens is 172 g/mol. The van der Waals surface area contributed by atoms with Crippen molar-refractivity contribution in [2.24, 2.45) is 0 Å². The average molecular weight is 185 g/mol. The van der Waals surface area contributed by atoms with Gasteiger partial charge < -0.3 is 5.73 Å². The first-order valence-corrected chi connectivity index (χ1v) is 4.66. The molecular formula is C12H13N2+. The van der Waals surface area contributed by atoms with E-state index < -0.39 is 0 Å². The van der Waals surface area contributed by atoms with Crippen molar-refractivity contribution in [3.8, 4) is 0 Å². The largest absolute Gasteiger partial charge is 0.348 e. The molecule has 14 heavy (non-hydrogen) atoms. The van der Waals surface area contributed by atoms with Gasteiger partial charge in [0.25, 0.3) is 0 Å². The maximum Gasteiger partial charge on any atom is 0.137 e. The van der Waals surface area contributed by atoms with Crippen LogP contribution in [0.2, 0.25) is 0 Å². The molecule has 0 spiro atoms. The summed E-state index contributed by atoms with van der Waals surface area (Å²) < 4.78 is 0. The van der Waals surface area contributed by atoms with E-state index in [9.17, 15) is 0 Å². The number of pyridine rings is 1. The van der Waals surface area contributed by atoms with Crippen LogP contribution in [0.1, 0.15) is 17.2 Å². The third kappa shape index (κ3) is 1.80. The minimum absolute atomic E-state index is 0.171. The molecule has 1 aromatic heterocycles. The van der Waals surface area contributed by atoms with Crippen molar-refractivity contribution in [2.75, 3.05) is 0 Å². The van der Waals surface area contributed by atoms with E-state index in [4.69, 9.17) is 0 Å². The number of nitrogens with zero attached hydrogens (tertiary/aromatic N) is 1. The number of quaternary nitrogens is 1. The van der Waals surface area contributed by atoms with Gasteiger partial charge in [-0.2, -0.15) is 0 Å². The molecule has 0 unspecified atom stereocenters. The molecule has 0 aliphatic rings. The lowest BCUT2D eigenvalue weighted by Gasteiger charge is -2.07. The minimum atomic E-state index is 0.171. The monoisotopic (exact) mass is 185 g/mol. The van der Waals surface area contributed by atoms with Crippen LogP contribution < -0.4 is 5.73 Å². The Morgan fingerprint density at radius 1 is 0.929 bits per heavy atom. The molecule has 0 saturated heterocycles. The lowest BCUT2D eigenvalue weighted by atomic mass is 10.0. The summed E-state index contributed by atoms with van der Waals surface area (Å²) >= 11 is 0. The zero-order chi connectivity index (χ0) is 9.80. The Labute approximate surface area is 83.4 Å². The Hall–Kier alpha value is -1.67. The molecule has 1 atom stereocenters. The second-order valence-electron chi connectivity index (χ2n) is 3.25. The summed E-state index contributed by atoms with van der Waals surface area (Å²) in [5, 5.41) is 0. The van der Waals surface area contributed by atoms with Crippen LogP contribution in [0.5, 0.6) is 0 Å². The van der Waals surface area contributed by atoms with Gasteiger partial charge in [0.2, 0.25) is 0 Å². The maximum absolute atomic E-state index is 4.14. The molecule has 0 saturated carbocycles. The molecule has 0 bridgehead atoms. The fourth-order valence-electron chi connectivity index (χ4n) is 1.46. The molecule has 2 heteroatoms. The van der Waals surface area contributed by atoms with Gasteiger partial charge >= 0.3 is 0 Å². The van der Waals surface area contributed by atoms with Crippen LogP contribution >= 0.6 is 0 Å². The summed E-state index contributed by atoms with van der Waals surface area (Å²) in [4.78, 5) is 4.09. The Balaban J connectivity index is 2.30. The number of hydrogen-bond donors (Lipinski definition) is 1. The van der Waals surface area contributed by atoms with Gasteiger partial charge in [-0.1, -0.05) is 30.3 Å². The minimum Gasteiger partial charge on any atom is -0.348 e. The van der Waals surface area contributed by atoms with Crippen LogP contribution in [0.4, 0.5) is 0 Å². The van der Waals surface area contributed by atoms with Crippen molar-refractivity contribution >= 4 is 0 Å². The van der Waals surface area contributed by atoms with E-state index in [1.165, 1.54) is 5.56 Å². The first-order chi connectivity index (χ1) is 6.88. The normalized spacial score (nSPS) is 12.4. The van der Waals surface area contributed by atoms with Crippen LogP contribution in [0.25, 0.3) is 0 Å². The second-order valence-corrected chi connectivity index (χ2v) is 3.25. The van der Waals surface area contributed by atoms with Gasteiger partial charge in [0.1, 0.15) is 6.04 Å². The molecule has 2 aromatic rings. The topological polar surface area (TPSA) is 40.5 Å². The van der Waals surface area contributed by atoms with Crippen LogP contribution in [0.15, 0.2) is 54.9 Å². The molecule has 70 valence electrons. The highest BCUT2D eigenvalue weighted by molar-refractivity contribution is 5.26. The summed E-state index contributed by atoms with van der Waals surface area (Å²) in [6.45, 7) is 0. The molecule has 1 aromatic carbocycles. The van der Waals surface area contributed by atoms with Crippen molar-refractivity contribution in [3.63, 3.8) is 0 Å². The fourth-order valence-corrected chi connectivity index (χ4v) is 1.46. The molecule has 2 rings (SSSR count). The lowest BCUT2D eigenvalue weighted by molar-refractivity contribution is -0.411. The van der Waals surface area contributed by atoms with Gasteiger partial charge in [-0.15, -0.1) is 0 Å². The molecule has 0 aliphatic carbocycles. The van der Waals surface area contributed by atoms with Gasteiger partial charge in [0, 0.05) is 23.5 Å². The number of aromatic nitrogens is 1. The van der Waals surface area contributed by atoms with E-state index in [1.54, 1.807) is 6.20 Å².